The standard InChI is InChI=1S/C33H24F6N2O3/c1-19(21-7-9-22(10-8-21)31(43)44)40-30(42)28-17-25(23-3-2-4-27(16-23)33(37,38)39)15-24-13-14-41(29(24)28)18-20-5-11-26(12-6-20)32(34,35)36/h2-17,19H,18H2,1H3,(H,40,42)(H,43,44)/t19-/m0/s1. The third-order valence-electron chi connectivity index (χ3n) is 7.27. The maximum absolute atomic E-state index is 13.8. The van der Waals surface area contributed by atoms with Gasteiger partial charge in [0, 0.05) is 18.1 Å². The Morgan fingerprint density at radius 3 is 2.07 bits per heavy atom. The molecule has 44 heavy (non-hydrogen) atoms. The van der Waals surface area contributed by atoms with Crippen LogP contribution < -0.4 is 5.32 Å². The number of hydrogen-bond acceptors (Lipinski definition) is 2. The number of nitrogens with zero attached hydrogens (tertiary/aromatic N) is 1. The Balaban J connectivity index is 1.56. The predicted molar refractivity (Wildman–Crippen MR) is 152 cm³/mol. The molecule has 0 radical (unpaired) electrons. The highest BCUT2D eigenvalue weighted by atomic mass is 19.4. The normalized spacial score (nSPS) is 12.7. The summed E-state index contributed by atoms with van der Waals surface area (Å²) >= 11 is 0. The van der Waals surface area contributed by atoms with Crippen LogP contribution in [0.4, 0.5) is 26.3 Å². The van der Waals surface area contributed by atoms with Gasteiger partial charge in [-0.1, -0.05) is 36.4 Å². The molecule has 0 spiro atoms. The quantitative estimate of drug-likeness (QED) is 0.181. The lowest BCUT2D eigenvalue weighted by Crippen LogP contribution is -2.27. The zero-order valence-corrected chi connectivity index (χ0v) is 23.0. The summed E-state index contributed by atoms with van der Waals surface area (Å²) in [5, 5.41) is 12.6. The average molecular weight is 611 g/mol. The van der Waals surface area contributed by atoms with E-state index >= 15 is 0 Å². The van der Waals surface area contributed by atoms with Crippen LogP contribution in [0.3, 0.4) is 0 Å². The molecule has 1 atom stereocenters. The van der Waals surface area contributed by atoms with Gasteiger partial charge in [0.05, 0.1) is 33.8 Å². The highest BCUT2D eigenvalue weighted by molar-refractivity contribution is 6.08. The van der Waals surface area contributed by atoms with E-state index in [0.29, 0.717) is 27.6 Å². The number of fused-ring (bicyclic) bond motifs is 1. The Labute approximate surface area is 247 Å². The molecule has 0 aliphatic heterocycles. The Hall–Kier alpha value is -5.06. The monoisotopic (exact) mass is 610 g/mol. The summed E-state index contributed by atoms with van der Waals surface area (Å²) in [7, 11) is 0. The second-order valence-corrected chi connectivity index (χ2v) is 10.3. The lowest BCUT2D eigenvalue weighted by molar-refractivity contribution is -0.138. The third kappa shape index (κ3) is 6.46. The molecule has 5 nitrogen and oxygen atoms in total. The van der Waals surface area contributed by atoms with E-state index in [9.17, 15) is 35.9 Å². The number of amides is 1. The average Bonchev–Trinajstić information content (AvgIpc) is 3.38. The summed E-state index contributed by atoms with van der Waals surface area (Å²) in [5.74, 6) is -1.65. The van der Waals surface area contributed by atoms with Gasteiger partial charge in [-0.05, 0) is 83.8 Å². The number of aromatic carboxylic acids is 1. The minimum absolute atomic E-state index is 0.0730. The third-order valence-corrected chi connectivity index (χ3v) is 7.27. The topological polar surface area (TPSA) is 71.3 Å². The summed E-state index contributed by atoms with van der Waals surface area (Å²) in [6, 6.07) is 19.5. The molecular weight excluding hydrogens is 586 g/mol. The van der Waals surface area contributed by atoms with Gasteiger partial charge in [-0.3, -0.25) is 4.79 Å². The molecule has 0 aliphatic rings. The highest BCUT2D eigenvalue weighted by Crippen LogP contribution is 2.35. The van der Waals surface area contributed by atoms with E-state index < -0.39 is 41.4 Å². The molecule has 5 rings (SSSR count). The van der Waals surface area contributed by atoms with E-state index in [1.165, 1.54) is 42.5 Å². The lowest BCUT2D eigenvalue weighted by atomic mass is 9.98. The molecule has 0 saturated heterocycles. The molecule has 5 aromatic rings. The van der Waals surface area contributed by atoms with Crippen molar-refractivity contribution in [3.05, 3.63) is 131 Å². The fraction of sp³-hybridized carbons (Fsp3) is 0.152. The number of rotatable bonds is 7. The van der Waals surface area contributed by atoms with Crippen molar-refractivity contribution in [1.82, 2.24) is 9.88 Å². The van der Waals surface area contributed by atoms with Crippen molar-refractivity contribution in [3.63, 3.8) is 0 Å². The van der Waals surface area contributed by atoms with Crippen LogP contribution in [0.5, 0.6) is 0 Å². The predicted octanol–water partition coefficient (Wildman–Crippen LogP) is 8.58. The van der Waals surface area contributed by atoms with Gasteiger partial charge in [0.2, 0.25) is 0 Å². The van der Waals surface area contributed by atoms with Gasteiger partial charge in [0.1, 0.15) is 0 Å². The number of carbonyl (C=O) groups excluding carboxylic acids is 1. The Morgan fingerprint density at radius 2 is 1.45 bits per heavy atom. The second kappa shape index (κ2) is 11.6. The van der Waals surface area contributed by atoms with Crippen LogP contribution in [0.15, 0.2) is 97.2 Å². The Morgan fingerprint density at radius 1 is 0.795 bits per heavy atom. The van der Waals surface area contributed by atoms with E-state index in [0.717, 1.165) is 24.3 Å². The largest absolute Gasteiger partial charge is 0.478 e. The van der Waals surface area contributed by atoms with Crippen molar-refractivity contribution in [3.8, 4) is 11.1 Å². The molecular formula is C33H24F6N2O3. The first kappa shape index (κ1) is 30.4. The smallest absolute Gasteiger partial charge is 0.416 e. The number of benzene rings is 4. The van der Waals surface area contributed by atoms with E-state index in [1.54, 1.807) is 42.0 Å². The Kier molecular flexibility index (Phi) is 7.98. The molecule has 1 aromatic heterocycles. The van der Waals surface area contributed by atoms with Crippen LogP contribution in [-0.4, -0.2) is 21.6 Å². The molecule has 0 saturated carbocycles. The summed E-state index contributed by atoms with van der Waals surface area (Å²) < 4.78 is 81.2. The van der Waals surface area contributed by atoms with E-state index in [1.807, 2.05) is 0 Å². The first-order chi connectivity index (χ1) is 20.7. The zero-order valence-electron chi connectivity index (χ0n) is 23.0. The van der Waals surface area contributed by atoms with Gasteiger partial charge in [-0.25, -0.2) is 4.79 Å². The molecule has 0 fully saturated rings. The summed E-state index contributed by atoms with van der Waals surface area (Å²) in [6.45, 7) is 1.82. The van der Waals surface area contributed by atoms with E-state index in [-0.39, 0.29) is 23.2 Å². The van der Waals surface area contributed by atoms with Crippen LogP contribution >= 0.6 is 0 Å². The van der Waals surface area contributed by atoms with Gasteiger partial charge < -0.3 is 15.0 Å². The first-order valence-electron chi connectivity index (χ1n) is 13.3. The first-order valence-corrected chi connectivity index (χ1v) is 13.3. The van der Waals surface area contributed by atoms with Crippen molar-refractivity contribution in [1.29, 1.82) is 0 Å². The molecule has 11 heteroatoms. The molecule has 226 valence electrons. The van der Waals surface area contributed by atoms with Gasteiger partial charge >= 0.3 is 18.3 Å². The van der Waals surface area contributed by atoms with Gasteiger partial charge in [0.15, 0.2) is 0 Å². The van der Waals surface area contributed by atoms with Crippen LogP contribution in [0, 0.1) is 0 Å². The fourth-order valence-corrected chi connectivity index (χ4v) is 4.96. The van der Waals surface area contributed by atoms with Crippen molar-refractivity contribution >= 4 is 22.8 Å². The molecule has 1 amide bonds. The van der Waals surface area contributed by atoms with Crippen molar-refractivity contribution < 1.29 is 41.0 Å². The number of hydrogen-bond donors (Lipinski definition) is 2. The number of carbonyl (C=O) groups is 2. The maximum Gasteiger partial charge on any atom is 0.416 e. The van der Waals surface area contributed by atoms with Crippen LogP contribution in [-0.2, 0) is 18.9 Å². The number of nitrogens with one attached hydrogen (secondary N) is 1. The lowest BCUT2D eigenvalue weighted by Gasteiger charge is -2.17. The van der Waals surface area contributed by atoms with Gasteiger partial charge in [-0.2, -0.15) is 26.3 Å². The number of aromatic nitrogens is 1. The number of carboxylic acids is 1. The van der Waals surface area contributed by atoms with Crippen molar-refractivity contribution in [2.45, 2.75) is 31.9 Å². The SMILES string of the molecule is C[C@H](NC(=O)c1cc(-c2cccc(C(F)(F)F)c2)cc2ccn(Cc3ccc(C(F)(F)F)cc3)c12)c1ccc(C(=O)O)cc1. The molecule has 2 N–H and O–H groups in total. The zero-order chi connectivity index (χ0) is 31.8. The summed E-state index contributed by atoms with van der Waals surface area (Å²) in [5.41, 5.74) is 0.762. The minimum Gasteiger partial charge on any atom is -0.478 e. The summed E-state index contributed by atoms with van der Waals surface area (Å²) in [6.07, 6.45) is -7.41. The Bertz CT molecular complexity index is 1840. The fourth-order valence-electron chi connectivity index (χ4n) is 4.96. The molecule has 0 aliphatic carbocycles. The van der Waals surface area contributed by atoms with E-state index in [2.05, 4.69) is 5.32 Å². The number of carboxylic acid groups (broad SMARTS) is 1. The van der Waals surface area contributed by atoms with Crippen molar-refractivity contribution in [2.75, 3.05) is 0 Å². The number of halogens is 6. The molecule has 1 heterocycles. The van der Waals surface area contributed by atoms with Crippen LogP contribution in [0.1, 0.15) is 55.9 Å². The number of alkyl halides is 6. The minimum atomic E-state index is -4.57. The van der Waals surface area contributed by atoms with Crippen LogP contribution in [0.25, 0.3) is 22.0 Å². The highest BCUT2D eigenvalue weighted by Gasteiger charge is 2.31. The van der Waals surface area contributed by atoms with Gasteiger partial charge in [-0.15, -0.1) is 0 Å². The van der Waals surface area contributed by atoms with Gasteiger partial charge in [0.25, 0.3) is 5.91 Å². The van der Waals surface area contributed by atoms with Crippen molar-refractivity contribution in [2.24, 2.45) is 0 Å². The molecule has 4 aromatic carbocycles. The molecule has 0 unspecified atom stereocenters. The van der Waals surface area contributed by atoms with Crippen LogP contribution in [0.2, 0.25) is 0 Å². The second-order valence-electron chi connectivity index (χ2n) is 10.3. The maximum atomic E-state index is 13.8. The van der Waals surface area contributed by atoms with E-state index in [4.69, 9.17) is 5.11 Å². The molecule has 0 bridgehead atoms. The summed E-state index contributed by atoms with van der Waals surface area (Å²) in [4.78, 5) is 25.0.